The Hall–Kier alpha value is -13.3. The molecule has 3 fully saturated rings. The highest BCUT2D eigenvalue weighted by Gasteiger charge is 2.47. The highest BCUT2D eigenvalue weighted by molar-refractivity contribution is 8.00. The van der Waals surface area contributed by atoms with Gasteiger partial charge in [0.2, 0.25) is 94.5 Å². The van der Waals surface area contributed by atoms with Crippen molar-refractivity contribution in [2.24, 2.45) is 23.1 Å². The normalized spacial score (nSPS) is 24.9. The van der Waals surface area contributed by atoms with Gasteiger partial charge in [0.25, 0.3) is 0 Å². The molecule has 5 aromatic rings. The molecule has 45 heteroatoms. The number of hydrogen-bond acceptors (Lipinski definition) is 24. The minimum Gasteiger partial charge on any atom is -0.508 e. The maximum absolute atomic E-state index is 15.9. The van der Waals surface area contributed by atoms with Gasteiger partial charge in [-0.15, -0.1) is 11.8 Å². The number of phenolic OH excluding ortho intramolecular Hbond substituents is 1. The van der Waals surface area contributed by atoms with Crippen LogP contribution in [0.3, 0.4) is 0 Å². The zero-order valence-corrected chi connectivity index (χ0v) is 76.9. The molecule has 3 aliphatic rings. The lowest BCUT2D eigenvalue weighted by Gasteiger charge is -2.36. The number of carbonyl (C=O) groups excluding carboxylic acids is 16. The third-order valence-electron chi connectivity index (χ3n) is 23.7. The molecule has 22 N–H and O–H groups in total. The summed E-state index contributed by atoms with van der Waals surface area (Å²) < 4.78 is 1.41. The predicted molar refractivity (Wildman–Crippen MR) is 486 cm³/mol. The van der Waals surface area contributed by atoms with E-state index in [1.54, 1.807) is 82.4 Å². The van der Waals surface area contributed by atoms with Gasteiger partial charge in [0, 0.05) is 106 Å². The number of benzene rings is 3. The van der Waals surface area contributed by atoms with E-state index in [2.05, 4.69) is 58.2 Å². The molecule has 2 aromatic heterocycles. The van der Waals surface area contributed by atoms with Crippen molar-refractivity contribution in [3.63, 3.8) is 0 Å². The van der Waals surface area contributed by atoms with E-state index >= 15 is 33.6 Å². The number of aromatic nitrogens is 2. The van der Waals surface area contributed by atoms with E-state index in [0.717, 1.165) is 31.5 Å². The van der Waals surface area contributed by atoms with E-state index in [1.807, 2.05) is 0 Å². The molecule has 3 saturated heterocycles. The molecule has 16 amide bonds. The summed E-state index contributed by atoms with van der Waals surface area (Å²) in [6.07, 6.45) is -1.36. The first-order valence-corrected chi connectivity index (χ1v) is 45.6. The quantitative estimate of drug-likeness (QED) is 0.0259. The molecule has 0 bridgehead atoms. The zero-order chi connectivity index (χ0) is 98.6. The summed E-state index contributed by atoms with van der Waals surface area (Å²) in [5, 5.41) is 78.6. The Kier molecular flexibility index (Phi) is 39.6. The first kappa shape index (κ1) is 106. The maximum atomic E-state index is 15.9. The SMILES string of the molecule is CCCC[C@H]1C(=O)N(C)[C@@H](CCCC)C(=O)N[C@@H](CC(=O)O)C(=O)N[C@H](C(=O)NCC(N)=O)CSCC(=O)N[C@@H](Cc2ccc(O)cc2)C(=O)N(C)[C@@H](C)C(=O)N[C@H](CC(=O)O)C(=O)N2CCC[C@H]2C(=O)N[C@@H](CN)C(=O)N[C@@H](CC(C)C)C(=O)N2C[C@H](O)C[C@H]2C(=O)N[C@@H](Cc2c[nH]c3ccccc23)C(=O)N[C@@H](CCN)C(=O)N[C@@H](Cc2cn(CC(=O)O)c3ccccc23)C(=O)N1C. The van der Waals surface area contributed by atoms with E-state index in [0.29, 0.717) is 63.1 Å². The summed E-state index contributed by atoms with van der Waals surface area (Å²) in [6.45, 7) is 5.25. The third-order valence-corrected chi connectivity index (χ3v) is 24.8. The fourth-order valence-corrected chi connectivity index (χ4v) is 17.3. The molecule has 730 valence electrons. The number of unbranched alkanes of at least 4 members (excludes halogenated alkanes) is 2. The smallest absolute Gasteiger partial charge is 0.323 e. The molecule has 0 unspecified atom stereocenters. The standard InChI is InChI=1S/C89H124N20O24S/c1-9-11-21-67-82(126)98-59(37-73(114)115)80(124)103-65(77(121)94-41-71(92)112)45-134-46-72(113)95-61(33-49-25-27-52(110)28-26-49)85(129)104(6)48(5)76(120)99-63(38-74(116)117)87(131)108-31-17-24-68(108)83(127)102-64(39-91)81(125)100-60(32-47(3)4)88(132)109-43-53(111)36-70(109)84(128)97-58(34-50-40-93-56-20-15-13-18-54(50)56)79(123)96-57(29-30-90)78(122)101-62(86(130)106(8)69(22-12-10-2)89(133)105(67)7)35-51-42-107(44-75(118)119)66-23-16-14-19-55(51)66/h13-16,18-20,23,25-28,40,42,47-48,53,57-65,67-70,93,110-111H,9-12,17,21-22,24,29-39,41,43-46,90-91H2,1-8H3,(H2,92,112)(H,94,121)(H,95,113)(H,96,123)(H,97,128)(H,98,126)(H,99,120)(H,100,125)(H,101,122)(H,102,127)(H,103,124)(H,114,115)(H,116,117)(H,118,119)/t48-,53+,57-,58-,59-,60-,61-,62-,63+,64-,65-,67-,68-,69-,70-/m0/s1. The fourth-order valence-electron chi connectivity index (χ4n) is 16.5. The Morgan fingerprint density at radius 1 is 0.545 bits per heavy atom. The Morgan fingerprint density at radius 2 is 1.09 bits per heavy atom. The van der Waals surface area contributed by atoms with Crippen LogP contribution < -0.4 is 70.4 Å². The van der Waals surface area contributed by atoms with Gasteiger partial charge in [-0.1, -0.05) is 102 Å². The summed E-state index contributed by atoms with van der Waals surface area (Å²) in [7, 11) is 3.67. The van der Waals surface area contributed by atoms with E-state index in [-0.39, 0.29) is 89.0 Å². The molecule has 3 aliphatic heterocycles. The molecule has 15 atom stereocenters. The Balaban J connectivity index is 1.21. The second-order valence-corrected chi connectivity index (χ2v) is 35.2. The third kappa shape index (κ3) is 29.1. The van der Waals surface area contributed by atoms with Crippen LogP contribution in [-0.4, -0.2) is 328 Å². The van der Waals surface area contributed by atoms with Gasteiger partial charge in [-0.05, 0) is 98.9 Å². The number of primary amides is 1. The van der Waals surface area contributed by atoms with Crippen molar-refractivity contribution in [1.29, 1.82) is 0 Å². The number of carboxylic acid groups (broad SMARTS) is 3. The summed E-state index contributed by atoms with van der Waals surface area (Å²) in [5.74, 6) is -22.6. The van der Waals surface area contributed by atoms with Crippen LogP contribution in [0.2, 0.25) is 0 Å². The number of hydrogen-bond donors (Lipinski definition) is 19. The Bertz CT molecular complexity index is 5110. The van der Waals surface area contributed by atoms with Crippen molar-refractivity contribution in [3.05, 3.63) is 102 Å². The Labute approximate surface area is 776 Å². The lowest BCUT2D eigenvalue weighted by molar-refractivity contribution is -0.149. The first-order valence-electron chi connectivity index (χ1n) is 44.5. The monoisotopic (exact) mass is 1890 g/mol. The summed E-state index contributed by atoms with van der Waals surface area (Å²) in [6, 6.07) is -4.21. The first-order chi connectivity index (χ1) is 63.6. The number of aromatic amines is 1. The van der Waals surface area contributed by atoms with Gasteiger partial charge in [0.15, 0.2) is 0 Å². The summed E-state index contributed by atoms with van der Waals surface area (Å²) in [5.41, 5.74) is 19.9. The largest absolute Gasteiger partial charge is 0.508 e. The summed E-state index contributed by atoms with van der Waals surface area (Å²) in [4.78, 5) is 281. The van der Waals surface area contributed by atoms with E-state index in [9.17, 15) is 83.1 Å². The highest BCUT2D eigenvalue weighted by Crippen LogP contribution is 2.29. The number of thioether (sulfide) groups is 1. The number of para-hydroxylation sites is 2. The van der Waals surface area contributed by atoms with Gasteiger partial charge in [0.05, 0.1) is 31.2 Å². The van der Waals surface area contributed by atoms with Gasteiger partial charge < -0.3 is 130 Å². The molecule has 5 heterocycles. The van der Waals surface area contributed by atoms with Crippen molar-refractivity contribution >= 4 is 146 Å². The van der Waals surface area contributed by atoms with Crippen molar-refractivity contribution in [1.82, 2.24) is 87.2 Å². The van der Waals surface area contributed by atoms with Crippen molar-refractivity contribution in [2.45, 2.75) is 235 Å². The number of aromatic hydroxyl groups is 1. The molecule has 134 heavy (non-hydrogen) atoms. The van der Waals surface area contributed by atoms with E-state index < -0.39 is 266 Å². The molecule has 8 rings (SSSR count). The number of fused-ring (bicyclic) bond motifs is 4. The van der Waals surface area contributed by atoms with Crippen LogP contribution in [0.25, 0.3) is 21.8 Å². The number of carboxylic acids is 3. The maximum Gasteiger partial charge on any atom is 0.323 e. The number of H-pyrrole nitrogens is 1. The number of aliphatic carboxylic acids is 3. The topological polar surface area (TPSA) is 661 Å². The number of aliphatic hydroxyl groups is 1. The zero-order valence-electron chi connectivity index (χ0n) is 76.1. The number of aliphatic hydroxyl groups excluding tert-OH is 1. The molecular weight excluding hydrogens is 1770 g/mol. The number of phenols is 1. The van der Waals surface area contributed by atoms with Crippen LogP contribution in [0.15, 0.2) is 85.2 Å². The molecule has 0 spiro atoms. The van der Waals surface area contributed by atoms with Crippen LogP contribution in [0, 0.1) is 5.92 Å². The minimum atomic E-state index is -2.06. The lowest BCUT2D eigenvalue weighted by atomic mass is 9.99. The number of rotatable bonds is 26. The van der Waals surface area contributed by atoms with Crippen LogP contribution in [0.1, 0.15) is 135 Å². The van der Waals surface area contributed by atoms with Crippen molar-refractivity contribution in [2.75, 3.05) is 65.4 Å². The number of amides is 16. The molecular formula is C89H124N20O24S. The molecule has 0 radical (unpaired) electrons. The van der Waals surface area contributed by atoms with Gasteiger partial charge in [-0.25, -0.2) is 0 Å². The van der Waals surface area contributed by atoms with Gasteiger partial charge in [-0.2, -0.15) is 0 Å². The second kappa shape index (κ2) is 50.0. The molecule has 3 aromatic carbocycles. The van der Waals surface area contributed by atoms with Crippen LogP contribution in [-0.2, 0) is 117 Å². The van der Waals surface area contributed by atoms with Gasteiger partial charge >= 0.3 is 17.9 Å². The van der Waals surface area contributed by atoms with Crippen LogP contribution in [0.4, 0.5) is 0 Å². The average Bonchev–Trinajstić information content (AvgIpc) is 1.64. The van der Waals surface area contributed by atoms with Crippen LogP contribution >= 0.6 is 11.8 Å². The Morgan fingerprint density at radius 3 is 1.73 bits per heavy atom. The number of nitrogens with one attached hydrogen (secondary N) is 11. The van der Waals surface area contributed by atoms with E-state index in [4.69, 9.17) is 17.2 Å². The average molecular weight is 1890 g/mol. The molecule has 0 saturated carbocycles. The molecule has 0 aliphatic carbocycles. The predicted octanol–water partition coefficient (Wildman–Crippen LogP) is -3.21. The number of carbonyl (C=O) groups is 19. The lowest BCUT2D eigenvalue weighted by Crippen LogP contribution is -2.62. The number of likely N-dealkylation sites (N-methyl/N-ethyl adjacent to an activating group) is 3. The van der Waals surface area contributed by atoms with Crippen molar-refractivity contribution < 1.29 is 117 Å². The van der Waals surface area contributed by atoms with E-state index in [1.165, 1.54) is 56.0 Å². The van der Waals surface area contributed by atoms with Gasteiger partial charge in [-0.3, -0.25) is 91.1 Å². The highest BCUT2D eigenvalue weighted by atomic mass is 32.2. The van der Waals surface area contributed by atoms with Crippen LogP contribution in [0.5, 0.6) is 5.75 Å². The fraction of sp³-hybridized carbons (Fsp3) is 0.539. The number of nitrogens with two attached hydrogens (primary N) is 3. The molecule has 44 nitrogen and oxygen atoms in total. The number of nitrogens with zero attached hydrogens (tertiary/aromatic N) is 6. The van der Waals surface area contributed by atoms with Crippen molar-refractivity contribution in [3.8, 4) is 5.75 Å². The second-order valence-electron chi connectivity index (χ2n) is 34.2. The minimum absolute atomic E-state index is 0.0656. The summed E-state index contributed by atoms with van der Waals surface area (Å²) >= 11 is 0.658. The van der Waals surface area contributed by atoms with Gasteiger partial charge in [0.1, 0.15) is 96.9 Å².